The molecule has 1 heterocycles. The lowest BCUT2D eigenvalue weighted by molar-refractivity contribution is -0.137. The predicted octanol–water partition coefficient (Wildman–Crippen LogP) is 3.01. The normalized spacial score (nSPS) is 17.6. The zero-order valence-electron chi connectivity index (χ0n) is 9.47. The minimum Gasteiger partial charge on any atom is -0.368 e. The first-order valence-corrected chi connectivity index (χ1v) is 6.39. The van der Waals surface area contributed by atoms with E-state index in [1.165, 1.54) is 6.20 Å². The summed E-state index contributed by atoms with van der Waals surface area (Å²) in [7, 11) is 0. The molecular formula is C11H13BrF3N3. The Kier molecular flexibility index (Phi) is 3.82. The fourth-order valence-corrected chi connectivity index (χ4v) is 2.03. The van der Waals surface area contributed by atoms with Gasteiger partial charge in [-0.3, -0.25) is 0 Å². The highest BCUT2D eigenvalue weighted by Gasteiger charge is 2.35. The van der Waals surface area contributed by atoms with Crippen LogP contribution in [0.1, 0.15) is 18.4 Å². The number of alkyl halides is 3. The van der Waals surface area contributed by atoms with E-state index >= 15 is 0 Å². The Morgan fingerprint density at radius 3 is 2.72 bits per heavy atom. The minimum absolute atomic E-state index is 0.114. The molecule has 0 spiro atoms. The molecule has 0 saturated heterocycles. The molecule has 1 aliphatic rings. The predicted molar refractivity (Wildman–Crippen MR) is 66.1 cm³/mol. The molecule has 2 rings (SSSR count). The summed E-state index contributed by atoms with van der Waals surface area (Å²) < 4.78 is 38.7. The maximum Gasteiger partial charge on any atom is 0.419 e. The fraction of sp³-hybridized carbons (Fsp3) is 0.545. The fourth-order valence-electron chi connectivity index (χ4n) is 1.70. The molecule has 1 aromatic heterocycles. The number of nitrogens with zero attached hydrogens (tertiary/aromatic N) is 1. The first-order chi connectivity index (χ1) is 8.38. The largest absolute Gasteiger partial charge is 0.419 e. The van der Waals surface area contributed by atoms with E-state index in [1.807, 2.05) is 0 Å². The molecule has 0 radical (unpaired) electrons. The second-order valence-electron chi connectivity index (χ2n) is 4.43. The van der Waals surface area contributed by atoms with Crippen molar-refractivity contribution in [1.82, 2.24) is 4.98 Å². The van der Waals surface area contributed by atoms with Crippen LogP contribution in [-0.2, 0) is 6.18 Å². The van der Waals surface area contributed by atoms with Crippen LogP contribution in [0.15, 0.2) is 16.7 Å². The van der Waals surface area contributed by atoms with E-state index in [0.717, 1.165) is 18.9 Å². The Morgan fingerprint density at radius 1 is 1.50 bits per heavy atom. The summed E-state index contributed by atoms with van der Waals surface area (Å²) in [4.78, 5) is 3.76. The third-order valence-electron chi connectivity index (χ3n) is 2.89. The highest BCUT2D eigenvalue weighted by atomic mass is 79.9. The van der Waals surface area contributed by atoms with Crippen molar-refractivity contribution >= 4 is 21.7 Å². The molecular weight excluding hydrogens is 311 g/mol. The molecule has 1 unspecified atom stereocenters. The SMILES string of the molecule is NC(CNc1ncc(Br)cc1C(F)(F)F)C1CC1. The Morgan fingerprint density at radius 2 is 2.17 bits per heavy atom. The lowest BCUT2D eigenvalue weighted by atomic mass is 10.2. The minimum atomic E-state index is -4.43. The Labute approximate surface area is 111 Å². The first kappa shape index (κ1) is 13.6. The van der Waals surface area contributed by atoms with Gasteiger partial charge in [0.1, 0.15) is 5.82 Å². The molecule has 1 aromatic rings. The summed E-state index contributed by atoms with van der Waals surface area (Å²) in [6.07, 6.45) is -0.978. The second-order valence-corrected chi connectivity index (χ2v) is 5.35. The van der Waals surface area contributed by atoms with Gasteiger partial charge in [0.2, 0.25) is 0 Å². The van der Waals surface area contributed by atoms with Crippen molar-refractivity contribution in [2.45, 2.75) is 25.1 Å². The van der Waals surface area contributed by atoms with Gasteiger partial charge in [-0.05, 0) is 40.8 Å². The van der Waals surface area contributed by atoms with Gasteiger partial charge in [0.05, 0.1) is 5.56 Å². The van der Waals surface area contributed by atoms with Gasteiger partial charge >= 0.3 is 6.18 Å². The van der Waals surface area contributed by atoms with Crippen LogP contribution < -0.4 is 11.1 Å². The van der Waals surface area contributed by atoms with Gasteiger partial charge in [-0.2, -0.15) is 13.2 Å². The van der Waals surface area contributed by atoms with Gasteiger partial charge in [-0.1, -0.05) is 0 Å². The maximum atomic E-state index is 12.8. The molecule has 18 heavy (non-hydrogen) atoms. The van der Waals surface area contributed by atoms with Gasteiger partial charge in [0.15, 0.2) is 0 Å². The van der Waals surface area contributed by atoms with Crippen LogP contribution in [0.4, 0.5) is 19.0 Å². The molecule has 0 aliphatic heterocycles. The van der Waals surface area contributed by atoms with Crippen molar-refractivity contribution in [1.29, 1.82) is 0 Å². The van der Waals surface area contributed by atoms with Gasteiger partial charge in [-0.15, -0.1) is 0 Å². The van der Waals surface area contributed by atoms with Crippen molar-refractivity contribution in [3.05, 3.63) is 22.3 Å². The van der Waals surface area contributed by atoms with Crippen LogP contribution in [0, 0.1) is 5.92 Å². The van der Waals surface area contributed by atoms with E-state index in [1.54, 1.807) is 0 Å². The van der Waals surface area contributed by atoms with E-state index in [2.05, 4.69) is 26.2 Å². The Bertz CT molecular complexity index is 432. The summed E-state index contributed by atoms with van der Waals surface area (Å²) in [5, 5.41) is 2.69. The molecule has 0 aromatic carbocycles. The number of halogens is 4. The van der Waals surface area contributed by atoms with Crippen molar-refractivity contribution < 1.29 is 13.2 Å². The molecule has 3 nitrogen and oxygen atoms in total. The smallest absolute Gasteiger partial charge is 0.368 e. The highest BCUT2D eigenvalue weighted by molar-refractivity contribution is 9.10. The first-order valence-electron chi connectivity index (χ1n) is 5.60. The zero-order valence-corrected chi connectivity index (χ0v) is 11.1. The van der Waals surface area contributed by atoms with Gasteiger partial charge in [-0.25, -0.2) is 4.98 Å². The summed E-state index contributed by atoms with van der Waals surface area (Å²) in [6.45, 7) is 0.308. The third-order valence-corrected chi connectivity index (χ3v) is 3.33. The monoisotopic (exact) mass is 323 g/mol. The standard InChI is InChI=1S/C11H13BrF3N3/c12-7-3-8(11(13,14)15)10(17-4-7)18-5-9(16)6-1-2-6/h3-4,6,9H,1-2,5,16H2,(H,17,18). The second kappa shape index (κ2) is 5.05. The number of hydrogen-bond acceptors (Lipinski definition) is 3. The number of anilines is 1. The third kappa shape index (κ3) is 3.35. The van der Waals surface area contributed by atoms with E-state index in [9.17, 15) is 13.2 Å². The maximum absolute atomic E-state index is 12.8. The van der Waals surface area contributed by atoms with Crippen molar-refractivity contribution in [3.63, 3.8) is 0 Å². The van der Waals surface area contributed by atoms with Crippen molar-refractivity contribution in [2.24, 2.45) is 11.7 Å². The number of aromatic nitrogens is 1. The molecule has 100 valence electrons. The summed E-state index contributed by atoms with van der Waals surface area (Å²) in [6, 6.07) is 0.898. The number of nitrogens with one attached hydrogen (secondary N) is 1. The molecule has 1 aliphatic carbocycles. The highest BCUT2D eigenvalue weighted by Crippen LogP contribution is 2.36. The summed E-state index contributed by atoms with van der Waals surface area (Å²) >= 11 is 2.99. The van der Waals surface area contributed by atoms with Gasteiger partial charge in [0.25, 0.3) is 0 Å². The van der Waals surface area contributed by atoms with E-state index in [4.69, 9.17) is 5.73 Å². The Balaban J connectivity index is 2.11. The molecule has 7 heteroatoms. The number of rotatable bonds is 4. The van der Waals surface area contributed by atoms with Crippen LogP contribution in [0.25, 0.3) is 0 Å². The van der Waals surface area contributed by atoms with E-state index < -0.39 is 11.7 Å². The molecule has 3 N–H and O–H groups in total. The number of hydrogen-bond donors (Lipinski definition) is 2. The average Bonchev–Trinajstić information content (AvgIpc) is 3.09. The van der Waals surface area contributed by atoms with Crippen molar-refractivity contribution in [3.8, 4) is 0 Å². The van der Waals surface area contributed by atoms with Crippen LogP contribution in [0.3, 0.4) is 0 Å². The number of nitrogens with two attached hydrogens (primary N) is 1. The van der Waals surface area contributed by atoms with Crippen LogP contribution >= 0.6 is 15.9 Å². The van der Waals surface area contributed by atoms with E-state index in [-0.39, 0.29) is 11.9 Å². The Hall–Kier alpha value is -0.820. The summed E-state index contributed by atoms with van der Waals surface area (Å²) in [5.41, 5.74) is 5.06. The van der Waals surface area contributed by atoms with E-state index in [0.29, 0.717) is 16.9 Å². The molecule has 0 amide bonds. The van der Waals surface area contributed by atoms with Crippen LogP contribution in [-0.4, -0.2) is 17.6 Å². The molecule has 0 bridgehead atoms. The quantitative estimate of drug-likeness (QED) is 0.895. The average molecular weight is 324 g/mol. The van der Waals surface area contributed by atoms with Crippen LogP contribution in [0.5, 0.6) is 0 Å². The summed E-state index contributed by atoms with van der Waals surface area (Å²) in [5.74, 6) is 0.268. The lowest BCUT2D eigenvalue weighted by Crippen LogP contribution is -2.31. The van der Waals surface area contributed by atoms with Crippen LogP contribution in [0.2, 0.25) is 0 Å². The topological polar surface area (TPSA) is 50.9 Å². The number of pyridine rings is 1. The lowest BCUT2D eigenvalue weighted by Gasteiger charge is -2.16. The molecule has 1 atom stereocenters. The zero-order chi connectivity index (χ0) is 13.3. The van der Waals surface area contributed by atoms with Gasteiger partial charge < -0.3 is 11.1 Å². The molecule has 1 fully saturated rings. The van der Waals surface area contributed by atoms with Gasteiger partial charge in [0, 0.05) is 23.3 Å². The van der Waals surface area contributed by atoms with Crippen molar-refractivity contribution in [2.75, 3.05) is 11.9 Å². The molecule has 1 saturated carbocycles.